The number of rotatable bonds is 10. The van der Waals surface area contributed by atoms with Gasteiger partial charge >= 0.3 is 10.3 Å². The Morgan fingerprint density at radius 2 is 1.80 bits per heavy atom. The zero-order valence-corrected chi connectivity index (χ0v) is 19.6. The first-order valence-corrected chi connectivity index (χ1v) is 12.0. The topological polar surface area (TPSA) is 96.1 Å². The van der Waals surface area contributed by atoms with Gasteiger partial charge in [0.15, 0.2) is 0 Å². The van der Waals surface area contributed by atoms with Crippen LogP contribution in [0.5, 0.6) is 0 Å². The van der Waals surface area contributed by atoms with Gasteiger partial charge in [0.1, 0.15) is 0 Å². The smallest absolute Gasteiger partial charge is 0.335 e. The summed E-state index contributed by atoms with van der Waals surface area (Å²) in [6.07, 6.45) is 7.43. The fourth-order valence-corrected chi connectivity index (χ4v) is 3.99. The molecule has 0 spiro atoms. The first kappa shape index (κ1) is 26.9. The van der Waals surface area contributed by atoms with Gasteiger partial charge in [-0.25, -0.2) is 0 Å². The molecule has 0 bridgehead atoms. The zero-order chi connectivity index (χ0) is 22.6. The van der Waals surface area contributed by atoms with Crippen LogP contribution in [0.3, 0.4) is 0 Å². The van der Waals surface area contributed by atoms with E-state index < -0.39 is 10.3 Å². The molecule has 1 aromatic carbocycles. The molecule has 7 nitrogen and oxygen atoms in total. The van der Waals surface area contributed by atoms with Crippen LogP contribution in [0.1, 0.15) is 38.5 Å². The van der Waals surface area contributed by atoms with Crippen LogP contribution in [0.4, 0.5) is 5.69 Å². The Labute approximate surface area is 186 Å². The maximum atomic E-state index is 11.1. The second-order valence-electron chi connectivity index (χ2n) is 7.60. The molecular formula is C21H36ClN3O4S. The number of nitrogens with zero attached hydrogens (tertiary/aromatic N) is 2. The van der Waals surface area contributed by atoms with Gasteiger partial charge < -0.3 is 15.4 Å². The monoisotopic (exact) mass is 461 g/mol. The number of nitrogen functional groups attached to an aromatic ring is 1. The molecule has 0 unspecified atom stereocenters. The molecule has 1 aromatic rings. The van der Waals surface area contributed by atoms with Gasteiger partial charge in [-0.15, -0.1) is 6.58 Å². The summed E-state index contributed by atoms with van der Waals surface area (Å²) < 4.78 is 38.2. The molecular weight excluding hydrogens is 426 g/mol. The highest BCUT2D eigenvalue weighted by Crippen LogP contribution is 2.25. The van der Waals surface area contributed by atoms with E-state index in [1.54, 1.807) is 24.3 Å². The third kappa shape index (κ3) is 11.3. The largest absolute Gasteiger partial charge is 0.399 e. The van der Waals surface area contributed by atoms with Crippen LogP contribution in [0.2, 0.25) is 5.02 Å². The third-order valence-electron chi connectivity index (χ3n) is 5.12. The molecule has 3 N–H and O–H groups in total. The highest BCUT2D eigenvalue weighted by Gasteiger charge is 2.29. The van der Waals surface area contributed by atoms with Gasteiger partial charge in [-0.3, -0.25) is 4.55 Å². The Hall–Kier alpha value is -1.16. The van der Waals surface area contributed by atoms with Gasteiger partial charge in [-0.2, -0.15) is 12.7 Å². The molecule has 1 fully saturated rings. The molecule has 1 aliphatic rings. The molecule has 0 heterocycles. The lowest BCUT2D eigenvalue weighted by molar-refractivity contribution is 0.0147. The normalized spacial score (nSPS) is 19.4. The second kappa shape index (κ2) is 14.0. The summed E-state index contributed by atoms with van der Waals surface area (Å²) in [6, 6.07) is 6.95. The Kier molecular flexibility index (Phi) is 12.5. The van der Waals surface area contributed by atoms with Gasteiger partial charge in [0, 0.05) is 37.0 Å². The fraction of sp³-hybridized carbons (Fsp3) is 0.619. The van der Waals surface area contributed by atoms with Crippen LogP contribution in [0, 0.1) is 0 Å². The van der Waals surface area contributed by atoms with Crippen molar-refractivity contribution >= 4 is 27.6 Å². The van der Waals surface area contributed by atoms with Crippen molar-refractivity contribution < 1.29 is 17.7 Å². The maximum Gasteiger partial charge on any atom is 0.335 e. The zero-order valence-electron chi connectivity index (χ0n) is 18.0. The van der Waals surface area contributed by atoms with Crippen LogP contribution in [-0.2, 0) is 15.0 Å². The van der Waals surface area contributed by atoms with E-state index in [1.807, 2.05) is 6.08 Å². The summed E-state index contributed by atoms with van der Waals surface area (Å²) in [5, 5.41) is 0.721. The van der Waals surface area contributed by atoms with E-state index in [2.05, 4.69) is 18.5 Å². The second-order valence-corrected chi connectivity index (χ2v) is 9.51. The lowest BCUT2D eigenvalue weighted by Crippen LogP contribution is -2.40. The number of hydrogen-bond acceptors (Lipinski definition) is 5. The van der Waals surface area contributed by atoms with Crippen LogP contribution < -0.4 is 5.73 Å². The molecule has 2 rings (SSSR count). The molecule has 0 radical (unpaired) electrons. The molecule has 30 heavy (non-hydrogen) atoms. The SMILES string of the molecule is C=CCN(C)CCCCOC1CCC(N(C)S(=O)(=O)O)CC1.Nc1ccc(Cl)cc1. The van der Waals surface area contributed by atoms with Crippen molar-refractivity contribution in [1.29, 1.82) is 0 Å². The summed E-state index contributed by atoms with van der Waals surface area (Å²) >= 11 is 5.56. The van der Waals surface area contributed by atoms with Crippen molar-refractivity contribution in [3.63, 3.8) is 0 Å². The number of benzene rings is 1. The summed E-state index contributed by atoms with van der Waals surface area (Å²) in [5.41, 5.74) is 6.11. The lowest BCUT2D eigenvalue weighted by Gasteiger charge is -2.32. The molecule has 0 amide bonds. The maximum absolute atomic E-state index is 11.1. The van der Waals surface area contributed by atoms with Crippen molar-refractivity contribution in [3.05, 3.63) is 41.9 Å². The lowest BCUT2D eigenvalue weighted by atomic mass is 9.93. The molecule has 0 atom stereocenters. The predicted molar refractivity (Wildman–Crippen MR) is 124 cm³/mol. The van der Waals surface area contributed by atoms with Crippen LogP contribution >= 0.6 is 11.6 Å². The third-order valence-corrected chi connectivity index (χ3v) is 6.40. The Balaban J connectivity index is 0.000000467. The Morgan fingerprint density at radius 3 is 2.30 bits per heavy atom. The van der Waals surface area contributed by atoms with E-state index in [0.717, 1.165) is 73.2 Å². The van der Waals surface area contributed by atoms with E-state index >= 15 is 0 Å². The van der Waals surface area contributed by atoms with E-state index in [-0.39, 0.29) is 12.1 Å². The molecule has 9 heteroatoms. The minimum Gasteiger partial charge on any atom is -0.399 e. The first-order chi connectivity index (χ1) is 14.1. The molecule has 172 valence electrons. The van der Waals surface area contributed by atoms with Gasteiger partial charge in [-0.05, 0) is 76.4 Å². The number of halogens is 1. The summed E-state index contributed by atoms with van der Waals surface area (Å²) in [5.74, 6) is 0. The number of likely N-dealkylation sites (N-methyl/N-ethyl adjacent to an activating group) is 1. The minimum absolute atomic E-state index is 0.109. The summed E-state index contributed by atoms with van der Waals surface area (Å²) in [7, 11) is -0.566. The summed E-state index contributed by atoms with van der Waals surface area (Å²) in [4.78, 5) is 2.23. The van der Waals surface area contributed by atoms with Crippen molar-refractivity contribution in [2.75, 3.05) is 39.5 Å². The average molecular weight is 462 g/mol. The molecule has 1 aliphatic carbocycles. The van der Waals surface area contributed by atoms with Crippen molar-refractivity contribution in [3.8, 4) is 0 Å². The first-order valence-electron chi connectivity index (χ1n) is 10.3. The molecule has 0 aliphatic heterocycles. The number of anilines is 1. The molecule has 0 aromatic heterocycles. The van der Waals surface area contributed by atoms with E-state index in [0.29, 0.717) is 0 Å². The van der Waals surface area contributed by atoms with Crippen molar-refractivity contribution in [2.45, 2.75) is 50.7 Å². The highest BCUT2D eigenvalue weighted by atomic mass is 35.5. The number of hydrogen-bond donors (Lipinski definition) is 2. The van der Waals surface area contributed by atoms with Gasteiger partial charge in [0.05, 0.1) is 6.10 Å². The van der Waals surface area contributed by atoms with Crippen LogP contribution in [-0.4, -0.2) is 68.1 Å². The molecule has 1 saturated carbocycles. The quantitative estimate of drug-likeness (QED) is 0.237. The van der Waals surface area contributed by atoms with Gasteiger partial charge in [0.2, 0.25) is 0 Å². The van der Waals surface area contributed by atoms with Gasteiger partial charge in [-0.1, -0.05) is 17.7 Å². The van der Waals surface area contributed by atoms with Crippen LogP contribution in [0.25, 0.3) is 0 Å². The fourth-order valence-electron chi connectivity index (χ4n) is 3.27. The number of unbranched alkanes of at least 4 members (excludes halogenated alkanes) is 1. The van der Waals surface area contributed by atoms with Crippen molar-refractivity contribution in [2.24, 2.45) is 0 Å². The molecule has 0 saturated heterocycles. The number of nitrogens with two attached hydrogens (primary N) is 1. The number of ether oxygens (including phenoxy) is 1. The predicted octanol–water partition coefficient (Wildman–Crippen LogP) is 3.87. The van der Waals surface area contributed by atoms with E-state index in [9.17, 15) is 8.42 Å². The average Bonchev–Trinajstić information content (AvgIpc) is 2.70. The standard InChI is InChI=1S/C15H30N2O4S.C6H6ClN/c1-4-11-16(2)12-5-6-13-21-15-9-7-14(8-10-15)17(3)22(18,19)20;7-5-1-3-6(8)4-2-5/h4,14-15H,1,5-13H2,2-3H3,(H,18,19,20);1-4H,8H2. The Morgan fingerprint density at radius 1 is 1.20 bits per heavy atom. The van der Waals surface area contributed by atoms with Gasteiger partial charge in [0.25, 0.3) is 0 Å². The highest BCUT2D eigenvalue weighted by molar-refractivity contribution is 7.83. The van der Waals surface area contributed by atoms with Crippen molar-refractivity contribution in [1.82, 2.24) is 9.21 Å². The van der Waals surface area contributed by atoms with E-state index in [1.165, 1.54) is 7.05 Å². The van der Waals surface area contributed by atoms with Crippen LogP contribution in [0.15, 0.2) is 36.9 Å². The summed E-state index contributed by atoms with van der Waals surface area (Å²) in [6.45, 7) is 6.42. The minimum atomic E-state index is -4.08. The Bertz CT molecular complexity index is 686. The van der Waals surface area contributed by atoms with E-state index in [4.69, 9.17) is 26.6 Å².